The van der Waals surface area contributed by atoms with Gasteiger partial charge in [-0.2, -0.15) is 0 Å². The van der Waals surface area contributed by atoms with Crippen molar-refractivity contribution >= 4 is 17.6 Å². The van der Waals surface area contributed by atoms with Crippen molar-refractivity contribution in [3.8, 4) is 5.88 Å². The van der Waals surface area contributed by atoms with Gasteiger partial charge < -0.3 is 15.2 Å². The second kappa shape index (κ2) is 5.90. The molecule has 0 bridgehead atoms. The zero-order valence-corrected chi connectivity index (χ0v) is 11.5. The molecule has 0 aromatic carbocycles. The van der Waals surface area contributed by atoms with Gasteiger partial charge in [0.1, 0.15) is 0 Å². The Kier molecular flexibility index (Phi) is 4.22. The van der Waals surface area contributed by atoms with Gasteiger partial charge in [0, 0.05) is 6.07 Å². The topological polar surface area (TPSA) is 88.5 Å². The maximum absolute atomic E-state index is 12.2. The van der Waals surface area contributed by atoms with Crippen LogP contribution in [0, 0.1) is 17.8 Å². The zero-order valence-electron chi connectivity index (χ0n) is 11.5. The molecule has 1 heterocycles. The molecule has 20 heavy (non-hydrogen) atoms. The summed E-state index contributed by atoms with van der Waals surface area (Å²) in [5.41, 5.74) is 0.541. The Morgan fingerprint density at radius 2 is 2.05 bits per heavy atom. The minimum absolute atomic E-state index is 0.251. The number of aromatic nitrogens is 1. The van der Waals surface area contributed by atoms with E-state index in [9.17, 15) is 14.7 Å². The summed E-state index contributed by atoms with van der Waals surface area (Å²) in [6, 6.07) is 3.32. The van der Waals surface area contributed by atoms with Gasteiger partial charge in [0.05, 0.1) is 30.8 Å². The number of nitrogens with zero attached hydrogens (tertiary/aromatic N) is 1. The quantitative estimate of drug-likeness (QED) is 0.876. The van der Waals surface area contributed by atoms with Gasteiger partial charge in [-0.3, -0.25) is 9.59 Å². The number of carboxylic acid groups (broad SMARTS) is 1. The van der Waals surface area contributed by atoms with Crippen LogP contribution >= 0.6 is 0 Å². The van der Waals surface area contributed by atoms with E-state index < -0.39 is 17.8 Å². The van der Waals surface area contributed by atoms with Gasteiger partial charge in [0.25, 0.3) is 0 Å². The highest BCUT2D eigenvalue weighted by atomic mass is 16.5. The third-order valence-electron chi connectivity index (χ3n) is 3.67. The van der Waals surface area contributed by atoms with E-state index in [1.54, 1.807) is 12.1 Å². The Morgan fingerprint density at radius 3 is 2.60 bits per heavy atom. The summed E-state index contributed by atoms with van der Waals surface area (Å²) < 4.78 is 4.93. The maximum atomic E-state index is 12.2. The highest BCUT2D eigenvalue weighted by Crippen LogP contribution is 2.37. The van der Waals surface area contributed by atoms with Crippen LogP contribution in [0.5, 0.6) is 5.88 Å². The Balaban J connectivity index is 2.04. The van der Waals surface area contributed by atoms with Crippen LogP contribution in [0.15, 0.2) is 18.3 Å². The van der Waals surface area contributed by atoms with Crippen molar-refractivity contribution in [2.45, 2.75) is 19.8 Å². The van der Waals surface area contributed by atoms with Crippen LogP contribution in [0.25, 0.3) is 0 Å². The number of anilines is 1. The predicted octanol–water partition coefficient (Wildman–Crippen LogP) is 1.78. The number of aliphatic carboxylic acids is 1. The summed E-state index contributed by atoms with van der Waals surface area (Å²) in [5.74, 6) is -1.53. The highest BCUT2D eigenvalue weighted by molar-refractivity contribution is 5.95. The molecule has 0 aliphatic heterocycles. The van der Waals surface area contributed by atoms with Gasteiger partial charge in [0.15, 0.2) is 0 Å². The molecule has 1 saturated carbocycles. The molecule has 108 valence electrons. The predicted molar refractivity (Wildman–Crippen MR) is 72.4 cm³/mol. The lowest BCUT2D eigenvalue weighted by Gasteiger charge is -2.15. The van der Waals surface area contributed by atoms with Crippen molar-refractivity contribution in [3.05, 3.63) is 18.3 Å². The SMILES string of the molecule is COc1ccc(NC(=O)[C@H]2CC(C)C[C@H]2C(=O)O)cn1. The van der Waals surface area contributed by atoms with Gasteiger partial charge in [-0.25, -0.2) is 4.98 Å². The van der Waals surface area contributed by atoms with E-state index in [1.807, 2.05) is 6.92 Å². The minimum atomic E-state index is -0.901. The number of carbonyl (C=O) groups is 2. The second-order valence-corrected chi connectivity index (χ2v) is 5.21. The monoisotopic (exact) mass is 278 g/mol. The van der Waals surface area contributed by atoms with Crippen molar-refractivity contribution in [1.29, 1.82) is 0 Å². The standard InChI is InChI=1S/C14H18N2O4/c1-8-5-10(11(6-8)14(18)19)13(17)16-9-3-4-12(20-2)15-7-9/h3-4,7-8,10-11H,5-6H2,1-2H3,(H,16,17)(H,18,19)/t8?,10-,11+/m0/s1. The van der Waals surface area contributed by atoms with Crippen LogP contribution in [0.3, 0.4) is 0 Å². The Labute approximate surface area is 117 Å². The van der Waals surface area contributed by atoms with Crippen molar-refractivity contribution in [3.63, 3.8) is 0 Å². The molecular weight excluding hydrogens is 260 g/mol. The molecule has 1 amide bonds. The van der Waals surface area contributed by atoms with Crippen LogP contribution < -0.4 is 10.1 Å². The number of hydrogen-bond donors (Lipinski definition) is 2. The summed E-state index contributed by atoms with van der Waals surface area (Å²) in [6.45, 7) is 1.97. The normalized spacial score (nSPS) is 25.2. The molecule has 1 aromatic heterocycles. The van der Waals surface area contributed by atoms with E-state index in [0.717, 1.165) is 0 Å². The van der Waals surface area contributed by atoms with Crippen molar-refractivity contribution in [2.24, 2.45) is 17.8 Å². The van der Waals surface area contributed by atoms with Crippen LogP contribution in [-0.2, 0) is 9.59 Å². The van der Waals surface area contributed by atoms with Gasteiger partial charge >= 0.3 is 5.97 Å². The average Bonchev–Trinajstić information content (AvgIpc) is 2.82. The molecule has 1 aromatic rings. The van der Waals surface area contributed by atoms with E-state index in [1.165, 1.54) is 13.3 Å². The summed E-state index contributed by atoms with van der Waals surface area (Å²) in [5, 5.41) is 11.9. The van der Waals surface area contributed by atoms with Crippen LogP contribution in [0.1, 0.15) is 19.8 Å². The molecule has 0 radical (unpaired) electrons. The first-order valence-electron chi connectivity index (χ1n) is 6.55. The molecule has 6 heteroatoms. The lowest BCUT2D eigenvalue weighted by Crippen LogP contribution is -2.30. The lowest BCUT2D eigenvalue weighted by molar-refractivity contribution is -0.145. The fourth-order valence-corrected chi connectivity index (χ4v) is 2.66. The van der Waals surface area contributed by atoms with Gasteiger partial charge in [-0.05, 0) is 24.8 Å². The third-order valence-corrected chi connectivity index (χ3v) is 3.67. The third kappa shape index (κ3) is 3.07. The number of carboxylic acids is 1. The molecular formula is C14H18N2O4. The average molecular weight is 278 g/mol. The number of carbonyl (C=O) groups excluding carboxylic acids is 1. The number of ether oxygens (including phenoxy) is 1. The van der Waals surface area contributed by atoms with Crippen molar-refractivity contribution < 1.29 is 19.4 Å². The first-order valence-corrected chi connectivity index (χ1v) is 6.55. The van der Waals surface area contributed by atoms with Crippen LogP contribution in [0.4, 0.5) is 5.69 Å². The van der Waals surface area contributed by atoms with Gasteiger partial charge in [-0.15, -0.1) is 0 Å². The maximum Gasteiger partial charge on any atom is 0.307 e. The van der Waals surface area contributed by atoms with Gasteiger partial charge in [-0.1, -0.05) is 6.92 Å². The Bertz CT molecular complexity index is 500. The molecule has 1 aliphatic rings. The van der Waals surface area contributed by atoms with Gasteiger partial charge in [0.2, 0.25) is 11.8 Å². The van der Waals surface area contributed by atoms with E-state index >= 15 is 0 Å². The number of rotatable bonds is 4. The molecule has 0 spiro atoms. The summed E-state index contributed by atoms with van der Waals surface area (Å²) in [6.07, 6.45) is 2.64. The van der Waals surface area contributed by atoms with E-state index in [4.69, 9.17) is 4.74 Å². The molecule has 1 fully saturated rings. The molecule has 1 aliphatic carbocycles. The van der Waals surface area contributed by atoms with Crippen LogP contribution in [0.2, 0.25) is 0 Å². The number of amides is 1. The zero-order chi connectivity index (χ0) is 14.7. The number of pyridine rings is 1. The van der Waals surface area contributed by atoms with Crippen LogP contribution in [-0.4, -0.2) is 29.1 Å². The van der Waals surface area contributed by atoms with E-state index in [0.29, 0.717) is 24.4 Å². The Morgan fingerprint density at radius 1 is 1.35 bits per heavy atom. The summed E-state index contributed by atoms with van der Waals surface area (Å²) in [4.78, 5) is 27.4. The molecule has 2 N–H and O–H groups in total. The molecule has 6 nitrogen and oxygen atoms in total. The summed E-state index contributed by atoms with van der Waals surface area (Å²) >= 11 is 0. The van der Waals surface area contributed by atoms with Crippen molar-refractivity contribution in [1.82, 2.24) is 4.98 Å². The number of methoxy groups -OCH3 is 1. The molecule has 1 unspecified atom stereocenters. The number of nitrogens with one attached hydrogen (secondary N) is 1. The molecule has 3 atom stereocenters. The molecule has 2 rings (SSSR count). The van der Waals surface area contributed by atoms with Crippen molar-refractivity contribution in [2.75, 3.05) is 12.4 Å². The minimum Gasteiger partial charge on any atom is -0.481 e. The lowest BCUT2D eigenvalue weighted by atomic mass is 9.95. The Hall–Kier alpha value is -2.11. The smallest absolute Gasteiger partial charge is 0.307 e. The highest BCUT2D eigenvalue weighted by Gasteiger charge is 2.41. The van der Waals surface area contributed by atoms with E-state index in [-0.39, 0.29) is 11.8 Å². The first kappa shape index (κ1) is 14.3. The second-order valence-electron chi connectivity index (χ2n) is 5.21. The first-order chi connectivity index (χ1) is 9.51. The largest absolute Gasteiger partial charge is 0.481 e. The fourth-order valence-electron chi connectivity index (χ4n) is 2.66. The molecule has 0 saturated heterocycles. The summed E-state index contributed by atoms with van der Waals surface area (Å²) in [7, 11) is 1.51. The van der Waals surface area contributed by atoms with E-state index in [2.05, 4.69) is 10.3 Å². The number of hydrogen-bond acceptors (Lipinski definition) is 4. The fraction of sp³-hybridized carbons (Fsp3) is 0.500.